The summed E-state index contributed by atoms with van der Waals surface area (Å²) in [4.78, 5) is 8.11. The van der Waals surface area contributed by atoms with E-state index in [1.807, 2.05) is 38.1 Å². The number of nitrogens with zero attached hydrogens (tertiary/aromatic N) is 5. The molecule has 0 atom stereocenters. The molecule has 0 unspecified atom stereocenters. The first-order valence-electron chi connectivity index (χ1n) is 6.46. The van der Waals surface area contributed by atoms with E-state index in [2.05, 4.69) is 21.1 Å². The standard InChI is InChI=1S/C15H13N6/c1-15(2,9-16)11-5-3-10(4-6-11)12-7-18-8-13-19-14(17)20-21(12)13/h3-8H,1-2H3,(H-,17,20)/q-1. The van der Waals surface area contributed by atoms with Crippen molar-refractivity contribution >= 4 is 11.6 Å². The fourth-order valence-corrected chi connectivity index (χ4v) is 2.13. The molecule has 0 saturated carbocycles. The molecule has 2 heterocycles. The number of hydrogen-bond acceptors (Lipinski definition) is 4. The molecule has 0 radical (unpaired) electrons. The molecular weight excluding hydrogens is 264 g/mol. The molecule has 1 N–H and O–H groups in total. The van der Waals surface area contributed by atoms with Gasteiger partial charge >= 0.3 is 0 Å². The zero-order valence-electron chi connectivity index (χ0n) is 11.7. The average Bonchev–Trinajstić information content (AvgIpc) is 2.87. The van der Waals surface area contributed by atoms with Gasteiger partial charge in [0.15, 0.2) is 0 Å². The summed E-state index contributed by atoms with van der Waals surface area (Å²) in [5, 5.41) is 13.2. The second-order valence-electron chi connectivity index (χ2n) is 5.31. The maximum Gasteiger partial charge on any atom is 0.0905 e. The average molecular weight is 277 g/mol. The van der Waals surface area contributed by atoms with E-state index >= 15 is 0 Å². The molecule has 0 bridgehead atoms. The Kier molecular flexibility index (Phi) is 2.84. The third-order valence-electron chi connectivity index (χ3n) is 3.43. The lowest BCUT2D eigenvalue weighted by atomic mass is 9.86. The van der Waals surface area contributed by atoms with Gasteiger partial charge in [-0.05, 0) is 19.4 Å². The predicted octanol–water partition coefficient (Wildman–Crippen LogP) is 3.28. The van der Waals surface area contributed by atoms with E-state index in [1.165, 1.54) is 0 Å². The number of rotatable bonds is 2. The monoisotopic (exact) mass is 277 g/mol. The number of hydrogen-bond donors (Lipinski definition) is 0. The van der Waals surface area contributed by atoms with Crippen LogP contribution in [0.1, 0.15) is 19.4 Å². The van der Waals surface area contributed by atoms with Crippen LogP contribution in [0.5, 0.6) is 0 Å². The molecule has 104 valence electrons. The lowest BCUT2D eigenvalue weighted by Crippen LogP contribution is -2.13. The van der Waals surface area contributed by atoms with Crippen molar-refractivity contribution in [3.63, 3.8) is 0 Å². The van der Waals surface area contributed by atoms with Gasteiger partial charge in [0.25, 0.3) is 0 Å². The first kappa shape index (κ1) is 13.1. The summed E-state index contributed by atoms with van der Waals surface area (Å²) >= 11 is 0. The molecule has 21 heavy (non-hydrogen) atoms. The summed E-state index contributed by atoms with van der Waals surface area (Å²) in [6.45, 7) is 3.77. The Morgan fingerprint density at radius 3 is 2.57 bits per heavy atom. The Hall–Kier alpha value is -2.94. The molecule has 0 saturated heterocycles. The van der Waals surface area contributed by atoms with Crippen molar-refractivity contribution in [2.75, 3.05) is 0 Å². The number of nitriles is 1. The second-order valence-corrected chi connectivity index (χ2v) is 5.31. The van der Waals surface area contributed by atoms with Gasteiger partial charge in [0.05, 0.1) is 35.2 Å². The normalized spacial score (nSPS) is 11.5. The van der Waals surface area contributed by atoms with Crippen LogP contribution in [0.3, 0.4) is 0 Å². The Morgan fingerprint density at radius 1 is 1.19 bits per heavy atom. The highest BCUT2D eigenvalue weighted by Crippen LogP contribution is 2.26. The maximum atomic E-state index is 9.17. The summed E-state index contributed by atoms with van der Waals surface area (Å²) in [5.74, 6) is -0.0357. The third kappa shape index (κ3) is 2.19. The summed E-state index contributed by atoms with van der Waals surface area (Å²) in [6.07, 6.45) is 3.26. The van der Waals surface area contributed by atoms with Gasteiger partial charge in [0.1, 0.15) is 0 Å². The first-order chi connectivity index (χ1) is 10.0. The highest BCUT2D eigenvalue weighted by atomic mass is 15.3. The molecule has 0 aliphatic carbocycles. The van der Waals surface area contributed by atoms with Crippen LogP contribution in [0, 0.1) is 11.3 Å². The molecule has 0 aliphatic rings. The summed E-state index contributed by atoms with van der Waals surface area (Å²) < 4.78 is 1.60. The van der Waals surface area contributed by atoms with Gasteiger partial charge in [-0.25, -0.2) is 0 Å². The minimum Gasteiger partial charge on any atom is -0.409 e. The van der Waals surface area contributed by atoms with Crippen molar-refractivity contribution in [2.45, 2.75) is 19.3 Å². The van der Waals surface area contributed by atoms with Crippen molar-refractivity contribution in [2.24, 2.45) is 0 Å². The van der Waals surface area contributed by atoms with Crippen molar-refractivity contribution in [3.05, 3.63) is 48.0 Å². The van der Waals surface area contributed by atoms with E-state index in [-0.39, 0.29) is 5.95 Å². The minimum atomic E-state index is -0.523. The minimum absolute atomic E-state index is 0.0357. The van der Waals surface area contributed by atoms with E-state index < -0.39 is 5.41 Å². The molecule has 0 spiro atoms. The van der Waals surface area contributed by atoms with Gasteiger partial charge in [-0.1, -0.05) is 24.3 Å². The van der Waals surface area contributed by atoms with Crippen LogP contribution in [0.4, 0.5) is 5.95 Å². The zero-order valence-corrected chi connectivity index (χ0v) is 11.7. The molecule has 0 aliphatic heterocycles. The van der Waals surface area contributed by atoms with E-state index in [9.17, 15) is 5.26 Å². The molecule has 2 aromatic heterocycles. The molecule has 3 rings (SSSR count). The Balaban J connectivity index is 2.10. The lowest BCUT2D eigenvalue weighted by molar-refractivity contribution is 0.687. The Bertz CT molecular complexity index is 839. The summed E-state index contributed by atoms with van der Waals surface area (Å²) in [5.41, 5.74) is 10.2. The fraction of sp³-hybridized carbons (Fsp3) is 0.200. The number of fused-ring (bicyclic) bond motifs is 1. The molecule has 0 amide bonds. The van der Waals surface area contributed by atoms with Crippen LogP contribution >= 0.6 is 0 Å². The van der Waals surface area contributed by atoms with Crippen molar-refractivity contribution in [1.29, 1.82) is 5.26 Å². The summed E-state index contributed by atoms with van der Waals surface area (Å²) in [7, 11) is 0. The highest BCUT2D eigenvalue weighted by molar-refractivity contribution is 5.62. The van der Waals surface area contributed by atoms with E-state index in [4.69, 9.17) is 5.73 Å². The van der Waals surface area contributed by atoms with Gasteiger partial charge < -0.3 is 10.7 Å². The van der Waals surface area contributed by atoms with E-state index in [0.29, 0.717) is 5.65 Å². The van der Waals surface area contributed by atoms with E-state index in [0.717, 1.165) is 16.8 Å². The highest BCUT2D eigenvalue weighted by Gasteiger charge is 2.19. The van der Waals surface area contributed by atoms with Gasteiger partial charge in [0.2, 0.25) is 0 Å². The SMILES string of the molecule is CC(C)(C#N)c1ccc(-c2cncc3nc([NH-])nn23)cc1. The van der Waals surface area contributed by atoms with Crippen LogP contribution < -0.4 is 0 Å². The smallest absolute Gasteiger partial charge is 0.0905 e. The Morgan fingerprint density at radius 2 is 1.90 bits per heavy atom. The molecule has 6 nitrogen and oxygen atoms in total. The lowest BCUT2D eigenvalue weighted by Gasteiger charge is -2.16. The van der Waals surface area contributed by atoms with Gasteiger partial charge in [-0.15, -0.1) is 0 Å². The van der Waals surface area contributed by atoms with Crippen molar-refractivity contribution < 1.29 is 0 Å². The zero-order chi connectivity index (χ0) is 15.0. The molecule has 0 fully saturated rings. The fourth-order valence-electron chi connectivity index (χ4n) is 2.13. The number of nitrogens with one attached hydrogen (secondary N) is 1. The second kappa shape index (κ2) is 4.56. The van der Waals surface area contributed by atoms with Crippen molar-refractivity contribution in [1.82, 2.24) is 19.6 Å². The molecule has 3 aromatic rings. The van der Waals surface area contributed by atoms with Crippen molar-refractivity contribution in [3.8, 4) is 17.3 Å². The van der Waals surface area contributed by atoms with Gasteiger partial charge in [0, 0.05) is 11.5 Å². The number of aromatic nitrogens is 4. The van der Waals surface area contributed by atoms with Crippen LogP contribution in [0.25, 0.3) is 22.6 Å². The van der Waals surface area contributed by atoms with Crippen LogP contribution in [-0.4, -0.2) is 19.6 Å². The number of benzene rings is 1. The summed E-state index contributed by atoms with van der Waals surface area (Å²) in [6, 6.07) is 9.99. The molecule has 1 aromatic carbocycles. The van der Waals surface area contributed by atoms with Gasteiger partial charge in [-0.3, -0.25) is 14.6 Å². The van der Waals surface area contributed by atoms with Crippen LogP contribution in [0.2, 0.25) is 0 Å². The topological polar surface area (TPSA) is 90.7 Å². The molecule has 6 heteroatoms. The maximum absolute atomic E-state index is 9.17. The largest absolute Gasteiger partial charge is 0.409 e. The first-order valence-corrected chi connectivity index (χ1v) is 6.46. The predicted molar refractivity (Wildman–Crippen MR) is 78.8 cm³/mol. The van der Waals surface area contributed by atoms with E-state index in [1.54, 1.807) is 16.9 Å². The Labute approximate surface area is 121 Å². The van der Waals surface area contributed by atoms with Gasteiger partial charge in [-0.2, -0.15) is 5.26 Å². The third-order valence-corrected chi connectivity index (χ3v) is 3.43. The quantitative estimate of drug-likeness (QED) is 0.718. The van der Waals surface area contributed by atoms with Crippen LogP contribution in [0.15, 0.2) is 36.7 Å². The molecular formula is C15H13N6-. The van der Waals surface area contributed by atoms with Crippen LogP contribution in [-0.2, 0) is 5.41 Å².